The van der Waals surface area contributed by atoms with Crippen LogP contribution in [0.3, 0.4) is 0 Å². The molecule has 0 aliphatic rings. The van der Waals surface area contributed by atoms with Crippen LogP contribution in [0.4, 0.5) is 10.2 Å². The molecule has 2 aromatic carbocycles. The van der Waals surface area contributed by atoms with E-state index in [2.05, 4.69) is 70.2 Å². The first-order valence-corrected chi connectivity index (χ1v) is 9.81. The maximum atomic E-state index is 14.1. The number of aliphatic imine (C=N–C) groups is 1. The van der Waals surface area contributed by atoms with Crippen molar-refractivity contribution >= 4 is 23.2 Å². The molecular weight excluding hydrogens is 381 g/mol. The average Bonchev–Trinajstić information content (AvgIpc) is 2.74. The summed E-state index contributed by atoms with van der Waals surface area (Å²) in [5.41, 5.74) is 3.92. The lowest BCUT2D eigenvalue weighted by Crippen LogP contribution is -1.97. The Balaban J connectivity index is 1.72. The summed E-state index contributed by atoms with van der Waals surface area (Å²) >= 11 is 4.49. The van der Waals surface area contributed by atoms with E-state index >= 15 is 0 Å². The van der Waals surface area contributed by atoms with Crippen molar-refractivity contribution in [2.24, 2.45) is 10.9 Å². The van der Waals surface area contributed by atoms with Gasteiger partial charge in [0.1, 0.15) is 5.69 Å². The van der Waals surface area contributed by atoms with Gasteiger partial charge in [-0.2, -0.15) is 14.4 Å². The minimum atomic E-state index is -0.701. The van der Waals surface area contributed by atoms with E-state index in [1.807, 2.05) is 24.3 Å². The van der Waals surface area contributed by atoms with Crippen LogP contribution in [0.15, 0.2) is 59.7 Å². The number of isothiocyanates is 1. The predicted molar refractivity (Wildman–Crippen MR) is 118 cm³/mol. The summed E-state index contributed by atoms with van der Waals surface area (Å²) in [4.78, 5) is 11.4. The molecule has 0 spiro atoms. The van der Waals surface area contributed by atoms with Crippen molar-refractivity contribution in [3.63, 3.8) is 0 Å². The lowest BCUT2D eigenvalue weighted by Gasteiger charge is -2.07. The zero-order valence-corrected chi connectivity index (χ0v) is 17.1. The number of benzene rings is 2. The second-order valence-electron chi connectivity index (χ2n) is 6.81. The molecule has 0 bridgehead atoms. The van der Waals surface area contributed by atoms with Crippen LogP contribution >= 0.6 is 12.2 Å². The molecule has 144 valence electrons. The molecule has 0 saturated heterocycles. The van der Waals surface area contributed by atoms with Gasteiger partial charge in [-0.15, -0.1) is 0 Å². The fourth-order valence-electron chi connectivity index (χ4n) is 2.78. The lowest BCUT2D eigenvalue weighted by atomic mass is 9.98. The topological polar surface area (TPSA) is 38.1 Å². The van der Waals surface area contributed by atoms with Gasteiger partial charge in [-0.3, -0.25) is 0 Å². The number of aromatic nitrogens is 2. The first kappa shape index (κ1) is 20.5. The normalized spacial score (nSPS) is 11.1. The van der Waals surface area contributed by atoms with Crippen LogP contribution in [0, 0.1) is 23.7 Å². The van der Waals surface area contributed by atoms with Gasteiger partial charge in [0.05, 0.1) is 11.4 Å². The Morgan fingerprint density at radius 2 is 1.66 bits per heavy atom. The molecule has 5 heteroatoms. The summed E-state index contributed by atoms with van der Waals surface area (Å²) in [6.45, 7) is 4.47. The van der Waals surface area contributed by atoms with E-state index in [0.717, 1.165) is 17.5 Å². The van der Waals surface area contributed by atoms with Crippen molar-refractivity contribution < 1.29 is 4.39 Å². The first-order valence-electron chi connectivity index (χ1n) is 9.41. The highest BCUT2D eigenvalue weighted by Crippen LogP contribution is 2.21. The molecule has 0 N–H and O–H groups in total. The van der Waals surface area contributed by atoms with Crippen molar-refractivity contribution in [1.29, 1.82) is 0 Å². The Morgan fingerprint density at radius 1 is 1.03 bits per heavy atom. The highest BCUT2D eigenvalue weighted by molar-refractivity contribution is 7.78. The fourth-order valence-corrected chi connectivity index (χ4v) is 2.87. The molecule has 1 unspecified atom stereocenters. The third-order valence-electron chi connectivity index (χ3n) is 4.62. The zero-order valence-electron chi connectivity index (χ0n) is 16.3. The highest BCUT2D eigenvalue weighted by Gasteiger charge is 2.09. The summed E-state index contributed by atoms with van der Waals surface area (Å²) < 4.78 is 14.1. The van der Waals surface area contributed by atoms with Gasteiger partial charge < -0.3 is 0 Å². The largest absolute Gasteiger partial charge is 0.247 e. The van der Waals surface area contributed by atoms with Gasteiger partial charge in [0.25, 0.3) is 0 Å². The van der Waals surface area contributed by atoms with Crippen LogP contribution in [0.1, 0.15) is 37.0 Å². The van der Waals surface area contributed by atoms with Gasteiger partial charge in [0.2, 0.25) is 5.95 Å². The Morgan fingerprint density at radius 3 is 2.21 bits per heavy atom. The molecule has 29 heavy (non-hydrogen) atoms. The summed E-state index contributed by atoms with van der Waals surface area (Å²) in [6, 6.07) is 15.6. The van der Waals surface area contributed by atoms with Crippen molar-refractivity contribution in [1.82, 2.24) is 9.97 Å². The maximum absolute atomic E-state index is 14.1. The number of hydrogen-bond acceptors (Lipinski definition) is 4. The summed E-state index contributed by atoms with van der Waals surface area (Å²) in [6.07, 6.45) is 3.62. The molecule has 0 aliphatic carbocycles. The summed E-state index contributed by atoms with van der Waals surface area (Å²) in [7, 11) is 0. The monoisotopic (exact) mass is 401 g/mol. The number of rotatable bonds is 5. The van der Waals surface area contributed by atoms with Crippen LogP contribution < -0.4 is 0 Å². The number of nitrogens with zero attached hydrogens (tertiary/aromatic N) is 3. The van der Waals surface area contributed by atoms with E-state index in [4.69, 9.17) is 0 Å². The second kappa shape index (κ2) is 9.84. The minimum Gasteiger partial charge on any atom is -0.247 e. The number of thiocarbonyl (C=S) groups is 1. The summed E-state index contributed by atoms with van der Waals surface area (Å²) in [5.74, 6) is 6.38. The highest BCUT2D eigenvalue weighted by atomic mass is 32.1. The van der Waals surface area contributed by atoms with E-state index in [1.54, 1.807) is 12.1 Å². The second-order valence-corrected chi connectivity index (χ2v) is 7.00. The van der Waals surface area contributed by atoms with E-state index in [9.17, 15) is 4.39 Å². The van der Waals surface area contributed by atoms with Crippen molar-refractivity contribution in [2.75, 3.05) is 0 Å². The molecule has 1 atom stereocenters. The lowest BCUT2D eigenvalue weighted by molar-refractivity contribution is 0.560. The Hall–Kier alpha value is -3.19. The molecule has 3 aromatic rings. The van der Waals surface area contributed by atoms with Crippen LogP contribution in [-0.4, -0.2) is 15.1 Å². The maximum Gasteiger partial charge on any atom is 0.241 e. The third kappa shape index (κ3) is 5.65. The fraction of sp³-hybridized carbons (Fsp3) is 0.208. The summed E-state index contributed by atoms with van der Waals surface area (Å²) in [5, 5.41) is 2.14. The van der Waals surface area contributed by atoms with Crippen molar-refractivity contribution in [2.45, 2.75) is 26.7 Å². The van der Waals surface area contributed by atoms with E-state index in [-0.39, 0.29) is 11.5 Å². The SMILES string of the molecule is CCC(C)Cc1ccc(C#Cc2ccc(-c3ncc(N=C=S)nc3F)cc2)cc1. The average molecular weight is 402 g/mol. The molecule has 1 aromatic heterocycles. The van der Waals surface area contributed by atoms with Gasteiger partial charge in [-0.25, -0.2) is 4.98 Å². The van der Waals surface area contributed by atoms with Gasteiger partial charge in [-0.05, 0) is 54.4 Å². The Bertz CT molecular complexity index is 1090. The molecule has 3 nitrogen and oxygen atoms in total. The standard InChI is InChI=1S/C24H20FN3S/c1-3-17(2)14-20-8-6-18(7-9-20)4-5-19-10-12-21(13-11-19)23-24(25)28-22(15-26-23)27-16-29/h6-13,15,17H,3,14H2,1-2H3. The molecule has 1 heterocycles. The Kier molecular flexibility index (Phi) is 6.97. The van der Waals surface area contributed by atoms with Gasteiger partial charge >= 0.3 is 0 Å². The smallest absolute Gasteiger partial charge is 0.241 e. The predicted octanol–water partition coefficient (Wildman–Crippen LogP) is 6.01. The molecule has 0 fully saturated rings. The number of halogens is 1. The zero-order chi connectivity index (χ0) is 20.6. The van der Waals surface area contributed by atoms with Crippen molar-refractivity contribution in [3.05, 3.63) is 77.4 Å². The van der Waals surface area contributed by atoms with Crippen molar-refractivity contribution in [3.8, 4) is 23.1 Å². The quantitative estimate of drug-likeness (QED) is 0.299. The van der Waals surface area contributed by atoms with Crippen LogP contribution in [0.5, 0.6) is 0 Å². The molecule has 0 radical (unpaired) electrons. The van der Waals surface area contributed by atoms with Crippen LogP contribution in [0.2, 0.25) is 0 Å². The molecule has 0 amide bonds. The molecule has 0 saturated carbocycles. The number of hydrogen-bond donors (Lipinski definition) is 0. The first-order chi connectivity index (χ1) is 14.1. The van der Waals surface area contributed by atoms with Gasteiger partial charge in [0, 0.05) is 16.7 Å². The third-order valence-corrected chi connectivity index (χ3v) is 4.71. The van der Waals surface area contributed by atoms with Gasteiger partial charge in [0.15, 0.2) is 5.82 Å². The molecule has 3 rings (SSSR count). The molecule has 0 aliphatic heterocycles. The molecular formula is C24H20FN3S. The van der Waals surface area contributed by atoms with Gasteiger partial charge in [-0.1, -0.05) is 56.4 Å². The van der Waals surface area contributed by atoms with E-state index in [1.165, 1.54) is 18.2 Å². The van der Waals surface area contributed by atoms with E-state index in [0.29, 0.717) is 11.5 Å². The van der Waals surface area contributed by atoms with Crippen LogP contribution in [-0.2, 0) is 6.42 Å². The van der Waals surface area contributed by atoms with Crippen LogP contribution in [0.25, 0.3) is 11.3 Å². The van der Waals surface area contributed by atoms with E-state index < -0.39 is 5.95 Å². The minimum absolute atomic E-state index is 0.0962. The Labute approximate surface area is 175 Å².